The highest BCUT2D eigenvalue weighted by molar-refractivity contribution is 5.97. The average molecular weight is 267 g/mol. The van der Waals surface area contributed by atoms with Gasteiger partial charge in [0, 0.05) is 18.5 Å². The number of β-amino-alcohol motifs (C(OH)–C–C–N with tert-alkyl or cyclic N) is 1. The number of aromatic hydroxyl groups is 2. The highest BCUT2D eigenvalue weighted by Gasteiger charge is 2.39. The minimum Gasteiger partial charge on any atom is -0.504 e. The maximum absolute atomic E-state index is 12.1. The van der Waals surface area contributed by atoms with Crippen molar-refractivity contribution in [2.24, 2.45) is 0 Å². The molecule has 0 saturated carbocycles. The molecule has 1 aliphatic heterocycles. The Morgan fingerprint density at radius 2 is 1.89 bits per heavy atom. The van der Waals surface area contributed by atoms with Crippen LogP contribution in [-0.2, 0) is 4.79 Å². The van der Waals surface area contributed by atoms with Crippen molar-refractivity contribution in [2.75, 3.05) is 6.54 Å². The first-order valence-electron chi connectivity index (χ1n) is 5.64. The number of carboxylic acids is 1. The summed E-state index contributed by atoms with van der Waals surface area (Å²) in [7, 11) is 0. The Morgan fingerprint density at radius 1 is 1.21 bits per heavy atom. The highest BCUT2D eigenvalue weighted by Crippen LogP contribution is 2.27. The molecule has 2 atom stereocenters. The van der Waals surface area contributed by atoms with Gasteiger partial charge in [0.2, 0.25) is 0 Å². The molecule has 1 aromatic carbocycles. The molecule has 1 aromatic rings. The Bertz CT molecular complexity index is 529. The number of likely N-dealkylation sites (tertiary alicyclic amines) is 1. The van der Waals surface area contributed by atoms with Crippen molar-refractivity contribution in [3.63, 3.8) is 0 Å². The van der Waals surface area contributed by atoms with E-state index in [0.29, 0.717) is 0 Å². The summed E-state index contributed by atoms with van der Waals surface area (Å²) in [4.78, 5) is 24.2. The number of benzene rings is 1. The first-order chi connectivity index (χ1) is 8.90. The first-order valence-corrected chi connectivity index (χ1v) is 5.64. The topological polar surface area (TPSA) is 118 Å². The van der Waals surface area contributed by atoms with Crippen LogP contribution >= 0.6 is 0 Å². The zero-order chi connectivity index (χ0) is 14.2. The van der Waals surface area contributed by atoms with E-state index in [9.17, 15) is 19.8 Å². The van der Waals surface area contributed by atoms with Crippen LogP contribution in [0.3, 0.4) is 0 Å². The van der Waals surface area contributed by atoms with Crippen LogP contribution in [-0.4, -0.2) is 55.9 Å². The van der Waals surface area contributed by atoms with Crippen LogP contribution in [0.1, 0.15) is 16.8 Å². The van der Waals surface area contributed by atoms with E-state index in [-0.39, 0.29) is 24.3 Å². The van der Waals surface area contributed by atoms with Gasteiger partial charge in [0.1, 0.15) is 6.04 Å². The lowest BCUT2D eigenvalue weighted by atomic mass is 10.1. The van der Waals surface area contributed by atoms with Crippen molar-refractivity contribution in [1.82, 2.24) is 4.90 Å². The van der Waals surface area contributed by atoms with Crippen LogP contribution in [0, 0.1) is 0 Å². The van der Waals surface area contributed by atoms with Crippen LogP contribution in [0.2, 0.25) is 0 Å². The molecule has 102 valence electrons. The van der Waals surface area contributed by atoms with E-state index in [0.717, 1.165) is 17.0 Å². The van der Waals surface area contributed by atoms with Crippen LogP contribution in [0.5, 0.6) is 11.5 Å². The third kappa shape index (κ3) is 2.45. The lowest BCUT2D eigenvalue weighted by Gasteiger charge is -2.21. The summed E-state index contributed by atoms with van der Waals surface area (Å²) in [6, 6.07) is 2.39. The molecule has 1 saturated heterocycles. The molecule has 0 radical (unpaired) electrons. The monoisotopic (exact) mass is 267 g/mol. The number of aliphatic hydroxyl groups excluding tert-OH is 1. The van der Waals surface area contributed by atoms with Gasteiger partial charge in [0.25, 0.3) is 5.91 Å². The molecule has 0 aliphatic carbocycles. The molecule has 1 unspecified atom stereocenters. The van der Waals surface area contributed by atoms with Crippen molar-refractivity contribution < 1.29 is 30.0 Å². The van der Waals surface area contributed by atoms with Gasteiger partial charge in [-0.2, -0.15) is 0 Å². The summed E-state index contributed by atoms with van der Waals surface area (Å²) in [5.74, 6) is -2.63. The number of carbonyl (C=O) groups excluding carboxylic acids is 1. The lowest BCUT2D eigenvalue weighted by Crippen LogP contribution is -2.40. The van der Waals surface area contributed by atoms with Crippen molar-refractivity contribution >= 4 is 11.9 Å². The highest BCUT2D eigenvalue weighted by atomic mass is 16.4. The van der Waals surface area contributed by atoms with E-state index < -0.39 is 29.8 Å². The average Bonchev–Trinajstić information content (AvgIpc) is 2.74. The molecule has 7 nitrogen and oxygen atoms in total. The van der Waals surface area contributed by atoms with Gasteiger partial charge in [-0.3, -0.25) is 4.79 Å². The fourth-order valence-electron chi connectivity index (χ4n) is 2.09. The second kappa shape index (κ2) is 4.77. The quantitative estimate of drug-likeness (QED) is 0.549. The number of hydrogen-bond donors (Lipinski definition) is 4. The van der Waals surface area contributed by atoms with E-state index in [4.69, 9.17) is 10.2 Å². The van der Waals surface area contributed by atoms with Gasteiger partial charge >= 0.3 is 5.97 Å². The second-order valence-electron chi connectivity index (χ2n) is 4.40. The molecular weight excluding hydrogens is 254 g/mol. The van der Waals surface area contributed by atoms with Crippen molar-refractivity contribution in [3.05, 3.63) is 23.8 Å². The van der Waals surface area contributed by atoms with Gasteiger partial charge in [0.15, 0.2) is 11.5 Å². The molecule has 0 spiro atoms. The number of phenols is 2. The minimum absolute atomic E-state index is 0.0227. The van der Waals surface area contributed by atoms with E-state index in [2.05, 4.69) is 0 Å². The number of amides is 1. The van der Waals surface area contributed by atoms with Gasteiger partial charge in [-0.1, -0.05) is 0 Å². The Kier molecular flexibility index (Phi) is 3.30. The summed E-state index contributed by atoms with van der Waals surface area (Å²) < 4.78 is 0. The molecule has 7 heteroatoms. The number of carbonyl (C=O) groups is 2. The van der Waals surface area contributed by atoms with E-state index >= 15 is 0 Å². The van der Waals surface area contributed by atoms with Crippen LogP contribution < -0.4 is 0 Å². The zero-order valence-corrected chi connectivity index (χ0v) is 9.85. The molecule has 0 bridgehead atoms. The Labute approximate surface area is 108 Å². The Balaban J connectivity index is 2.27. The second-order valence-corrected chi connectivity index (χ2v) is 4.40. The van der Waals surface area contributed by atoms with E-state index in [1.54, 1.807) is 0 Å². The maximum Gasteiger partial charge on any atom is 0.326 e. The first kappa shape index (κ1) is 13.2. The molecule has 1 heterocycles. The number of carboxylic acid groups (broad SMARTS) is 1. The zero-order valence-electron chi connectivity index (χ0n) is 9.85. The van der Waals surface area contributed by atoms with Gasteiger partial charge in [-0.25, -0.2) is 4.79 Å². The molecular formula is C12H13NO6. The van der Waals surface area contributed by atoms with Crippen LogP contribution in [0.15, 0.2) is 18.2 Å². The molecule has 1 amide bonds. The van der Waals surface area contributed by atoms with Gasteiger partial charge < -0.3 is 25.3 Å². The summed E-state index contributed by atoms with van der Waals surface area (Å²) in [5, 5.41) is 37.0. The predicted octanol–water partition coefficient (Wildman–Crippen LogP) is -0.242. The molecule has 4 N–H and O–H groups in total. The summed E-state index contributed by atoms with van der Waals surface area (Å²) in [6.07, 6.45) is -0.902. The van der Waals surface area contributed by atoms with Crippen molar-refractivity contribution in [1.29, 1.82) is 0 Å². The number of hydrogen-bond acceptors (Lipinski definition) is 5. The minimum atomic E-state index is -1.19. The van der Waals surface area contributed by atoms with Gasteiger partial charge in [-0.15, -0.1) is 0 Å². The van der Waals surface area contributed by atoms with Crippen LogP contribution in [0.4, 0.5) is 0 Å². The standard InChI is InChI=1S/C12H13NO6/c14-7-4-8(12(18)19)13(5-7)11(17)6-1-2-9(15)10(16)3-6/h1-3,7-8,14-16H,4-5H2,(H,18,19)/t7?,8-/m0/s1. The smallest absolute Gasteiger partial charge is 0.326 e. The number of rotatable bonds is 2. The van der Waals surface area contributed by atoms with E-state index in [1.165, 1.54) is 6.07 Å². The predicted molar refractivity (Wildman–Crippen MR) is 62.9 cm³/mol. The SMILES string of the molecule is O=C(O)[C@@H]1CC(O)CN1C(=O)c1ccc(O)c(O)c1. The Morgan fingerprint density at radius 3 is 2.47 bits per heavy atom. The number of aliphatic carboxylic acids is 1. The molecule has 1 fully saturated rings. The van der Waals surface area contributed by atoms with Gasteiger partial charge in [-0.05, 0) is 18.2 Å². The van der Waals surface area contributed by atoms with Crippen LogP contribution in [0.25, 0.3) is 0 Å². The van der Waals surface area contributed by atoms with Crippen molar-refractivity contribution in [3.8, 4) is 11.5 Å². The molecule has 1 aliphatic rings. The Hall–Kier alpha value is -2.28. The summed E-state index contributed by atoms with van der Waals surface area (Å²) in [5.41, 5.74) is 0.0515. The molecule has 2 rings (SSSR count). The number of nitrogens with zero attached hydrogens (tertiary/aromatic N) is 1. The molecule has 19 heavy (non-hydrogen) atoms. The number of aliphatic hydroxyl groups is 1. The fourth-order valence-corrected chi connectivity index (χ4v) is 2.09. The maximum atomic E-state index is 12.1. The molecule has 0 aromatic heterocycles. The third-order valence-corrected chi connectivity index (χ3v) is 3.05. The summed E-state index contributed by atoms with van der Waals surface area (Å²) in [6.45, 7) is -0.0720. The van der Waals surface area contributed by atoms with Gasteiger partial charge in [0.05, 0.1) is 6.10 Å². The largest absolute Gasteiger partial charge is 0.504 e. The number of phenolic OH excluding ortho intramolecular Hbond substituents is 2. The normalized spacial score (nSPS) is 22.5. The fraction of sp³-hybridized carbons (Fsp3) is 0.333. The lowest BCUT2D eigenvalue weighted by molar-refractivity contribution is -0.141. The van der Waals surface area contributed by atoms with E-state index in [1.807, 2.05) is 0 Å². The third-order valence-electron chi connectivity index (χ3n) is 3.05. The summed E-state index contributed by atoms with van der Waals surface area (Å²) >= 11 is 0. The van der Waals surface area contributed by atoms with Crippen molar-refractivity contribution in [2.45, 2.75) is 18.6 Å².